The van der Waals surface area contributed by atoms with Gasteiger partial charge in [-0.15, -0.1) is 5.10 Å². The highest BCUT2D eigenvalue weighted by Gasteiger charge is 2.27. The second kappa shape index (κ2) is 8.78. The molecule has 2 aliphatic heterocycles. The molecular formula is C23H24N4O5. The van der Waals surface area contributed by atoms with Crippen molar-refractivity contribution in [1.29, 1.82) is 0 Å². The number of fused-ring (bicyclic) bond motifs is 1. The molecule has 2 aliphatic rings. The molecule has 3 heterocycles. The van der Waals surface area contributed by atoms with E-state index in [1.807, 2.05) is 47.4 Å². The van der Waals surface area contributed by atoms with Gasteiger partial charge >= 0.3 is 6.01 Å². The molecule has 5 rings (SSSR count). The molecule has 1 amide bonds. The minimum absolute atomic E-state index is 0.0377. The number of hydrogen-bond acceptors (Lipinski definition) is 8. The summed E-state index contributed by atoms with van der Waals surface area (Å²) in [6.07, 6.45) is 1.46. The first-order chi connectivity index (χ1) is 15.7. The number of anilines is 1. The Morgan fingerprint density at radius 2 is 1.88 bits per heavy atom. The molecule has 2 aromatic carbocycles. The molecule has 1 N–H and O–H groups in total. The zero-order chi connectivity index (χ0) is 21.9. The summed E-state index contributed by atoms with van der Waals surface area (Å²) in [5.74, 6) is 2.72. The van der Waals surface area contributed by atoms with E-state index in [4.69, 9.17) is 18.6 Å². The molecule has 0 atom stereocenters. The normalized spacial score (nSPS) is 15.6. The second-order valence-electron chi connectivity index (χ2n) is 7.79. The van der Waals surface area contributed by atoms with Gasteiger partial charge in [-0.1, -0.05) is 11.2 Å². The molecule has 3 aromatic rings. The number of carbonyl (C=O) groups excluding carboxylic acids is 1. The van der Waals surface area contributed by atoms with E-state index in [0.717, 1.165) is 41.2 Å². The van der Waals surface area contributed by atoms with Crippen LogP contribution in [0.3, 0.4) is 0 Å². The lowest BCUT2D eigenvalue weighted by molar-refractivity contribution is -0.125. The van der Waals surface area contributed by atoms with Gasteiger partial charge in [-0.25, -0.2) is 0 Å². The number of amides is 1. The van der Waals surface area contributed by atoms with E-state index in [-0.39, 0.29) is 18.6 Å². The molecule has 1 fully saturated rings. The van der Waals surface area contributed by atoms with Crippen LogP contribution >= 0.6 is 0 Å². The minimum atomic E-state index is -0.0377. The summed E-state index contributed by atoms with van der Waals surface area (Å²) in [4.78, 5) is 14.7. The number of methoxy groups -OCH3 is 1. The zero-order valence-electron chi connectivity index (χ0n) is 17.7. The van der Waals surface area contributed by atoms with E-state index >= 15 is 0 Å². The maximum absolute atomic E-state index is 12.6. The van der Waals surface area contributed by atoms with Crippen LogP contribution in [0.15, 0.2) is 46.9 Å². The summed E-state index contributed by atoms with van der Waals surface area (Å²) in [5.41, 5.74) is 1.82. The van der Waals surface area contributed by atoms with Crippen molar-refractivity contribution < 1.29 is 23.4 Å². The van der Waals surface area contributed by atoms with Gasteiger partial charge < -0.3 is 28.8 Å². The molecule has 0 radical (unpaired) electrons. The third-order valence-electron chi connectivity index (χ3n) is 5.79. The Kier molecular flexibility index (Phi) is 5.53. The minimum Gasteiger partial charge on any atom is -0.497 e. The van der Waals surface area contributed by atoms with Crippen molar-refractivity contribution in [3.63, 3.8) is 0 Å². The number of hydrogen-bond donors (Lipinski definition) is 1. The summed E-state index contributed by atoms with van der Waals surface area (Å²) < 4.78 is 21.7. The Morgan fingerprint density at radius 1 is 1.09 bits per heavy atom. The van der Waals surface area contributed by atoms with Crippen LogP contribution in [-0.4, -0.2) is 43.1 Å². The molecule has 166 valence electrons. The SMILES string of the molecule is COc1ccc(-c2nnc(N3CCC(C(=O)NCc4ccc5c(c4)OCO5)CC3)o2)cc1. The summed E-state index contributed by atoms with van der Waals surface area (Å²) in [5, 5.41) is 11.4. The quantitative estimate of drug-likeness (QED) is 0.630. The van der Waals surface area contributed by atoms with Crippen molar-refractivity contribution in [2.24, 2.45) is 5.92 Å². The fourth-order valence-corrected chi connectivity index (χ4v) is 3.91. The maximum Gasteiger partial charge on any atom is 0.318 e. The third-order valence-corrected chi connectivity index (χ3v) is 5.79. The van der Waals surface area contributed by atoms with Crippen LogP contribution in [0.4, 0.5) is 6.01 Å². The summed E-state index contributed by atoms with van der Waals surface area (Å²) in [6, 6.07) is 13.7. The highest BCUT2D eigenvalue weighted by atomic mass is 16.7. The molecule has 0 bridgehead atoms. The Morgan fingerprint density at radius 3 is 2.66 bits per heavy atom. The number of piperidine rings is 1. The van der Waals surface area contributed by atoms with E-state index in [2.05, 4.69) is 15.5 Å². The lowest BCUT2D eigenvalue weighted by atomic mass is 9.96. The summed E-state index contributed by atoms with van der Waals surface area (Å²) in [6.45, 7) is 2.08. The van der Waals surface area contributed by atoms with Crippen molar-refractivity contribution in [3.05, 3.63) is 48.0 Å². The number of aromatic nitrogens is 2. The molecule has 0 saturated carbocycles. The van der Waals surface area contributed by atoms with Gasteiger partial charge in [0.05, 0.1) is 7.11 Å². The van der Waals surface area contributed by atoms with Gasteiger partial charge in [-0.3, -0.25) is 4.79 Å². The highest BCUT2D eigenvalue weighted by Crippen LogP contribution is 2.32. The molecular weight excluding hydrogens is 412 g/mol. The number of ether oxygens (including phenoxy) is 3. The van der Waals surface area contributed by atoms with Crippen molar-refractivity contribution in [1.82, 2.24) is 15.5 Å². The average Bonchev–Trinajstić information content (AvgIpc) is 3.52. The Hall–Kier alpha value is -3.75. The number of nitrogens with one attached hydrogen (secondary N) is 1. The third kappa shape index (κ3) is 4.18. The van der Waals surface area contributed by atoms with Crippen molar-refractivity contribution >= 4 is 11.9 Å². The first-order valence-electron chi connectivity index (χ1n) is 10.6. The number of rotatable bonds is 6. The molecule has 32 heavy (non-hydrogen) atoms. The number of benzene rings is 2. The van der Waals surface area contributed by atoms with Crippen LogP contribution < -0.4 is 24.4 Å². The average molecular weight is 436 g/mol. The van der Waals surface area contributed by atoms with Gasteiger partial charge in [-0.2, -0.15) is 0 Å². The molecule has 9 heteroatoms. The lowest BCUT2D eigenvalue weighted by Gasteiger charge is -2.29. The van der Waals surface area contributed by atoms with Crippen molar-refractivity contribution in [2.75, 3.05) is 31.9 Å². The van der Waals surface area contributed by atoms with Crippen LogP contribution in [0.2, 0.25) is 0 Å². The second-order valence-corrected chi connectivity index (χ2v) is 7.79. The van der Waals surface area contributed by atoms with Crippen LogP contribution in [0.25, 0.3) is 11.5 Å². The van der Waals surface area contributed by atoms with Gasteiger partial charge in [0.15, 0.2) is 11.5 Å². The lowest BCUT2D eigenvalue weighted by Crippen LogP contribution is -2.40. The Bertz CT molecular complexity index is 1090. The predicted molar refractivity (Wildman–Crippen MR) is 116 cm³/mol. The highest BCUT2D eigenvalue weighted by molar-refractivity contribution is 5.79. The molecule has 0 unspecified atom stereocenters. The summed E-state index contributed by atoms with van der Waals surface area (Å²) in [7, 11) is 1.63. The number of nitrogens with zero attached hydrogens (tertiary/aromatic N) is 3. The smallest absolute Gasteiger partial charge is 0.318 e. The van der Waals surface area contributed by atoms with Crippen molar-refractivity contribution in [2.45, 2.75) is 19.4 Å². The van der Waals surface area contributed by atoms with Crippen LogP contribution in [0.5, 0.6) is 17.2 Å². The van der Waals surface area contributed by atoms with Gasteiger partial charge in [0.25, 0.3) is 0 Å². The van der Waals surface area contributed by atoms with E-state index in [0.29, 0.717) is 31.5 Å². The fraction of sp³-hybridized carbons (Fsp3) is 0.348. The molecule has 9 nitrogen and oxygen atoms in total. The molecule has 0 spiro atoms. The Labute approximate surface area is 185 Å². The van der Waals surface area contributed by atoms with Gasteiger partial charge in [-0.05, 0) is 54.8 Å². The van der Waals surface area contributed by atoms with Crippen LogP contribution in [0, 0.1) is 5.92 Å². The van der Waals surface area contributed by atoms with Gasteiger partial charge in [0.2, 0.25) is 18.6 Å². The maximum atomic E-state index is 12.6. The molecule has 1 aromatic heterocycles. The molecule has 1 saturated heterocycles. The predicted octanol–water partition coefficient (Wildman–Crippen LogP) is 3.01. The largest absolute Gasteiger partial charge is 0.497 e. The zero-order valence-corrected chi connectivity index (χ0v) is 17.7. The standard InChI is InChI=1S/C23H24N4O5/c1-29-18-5-3-17(4-6-18)22-25-26-23(32-22)27-10-8-16(9-11-27)21(28)24-13-15-2-7-19-20(12-15)31-14-30-19/h2-7,12,16H,8-11,13-14H2,1H3,(H,24,28). The molecule has 0 aliphatic carbocycles. The van der Waals surface area contributed by atoms with Crippen LogP contribution in [0.1, 0.15) is 18.4 Å². The van der Waals surface area contributed by atoms with E-state index in [9.17, 15) is 4.79 Å². The topological polar surface area (TPSA) is 99.0 Å². The first kappa shape index (κ1) is 20.2. The van der Waals surface area contributed by atoms with Crippen molar-refractivity contribution in [3.8, 4) is 28.7 Å². The Balaban J connectivity index is 1.13. The van der Waals surface area contributed by atoms with E-state index in [1.165, 1.54) is 0 Å². The van der Waals surface area contributed by atoms with Gasteiger partial charge in [0.1, 0.15) is 5.75 Å². The van der Waals surface area contributed by atoms with E-state index < -0.39 is 0 Å². The van der Waals surface area contributed by atoms with E-state index in [1.54, 1.807) is 7.11 Å². The van der Waals surface area contributed by atoms with Crippen LogP contribution in [-0.2, 0) is 11.3 Å². The first-order valence-corrected chi connectivity index (χ1v) is 10.6. The fourth-order valence-electron chi connectivity index (χ4n) is 3.91. The summed E-state index contributed by atoms with van der Waals surface area (Å²) >= 11 is 0. The monoisotopic (exact) mass is 436 g/mol. The van der Waals surface area contributed by atoms with Gasteiger partial charge in [0, 0.05) is 31.1 Å². The number of carbonyl (C=O) groups is 1.